The molecule has 0 bridgehead atoms. The molecule has 3 aliphatic rings. The molecule has 0 spiro atoms. The van der Waals surface area contributed by atoms with Crippen molar-refractivity contribution in [1.29, 1.82) is 0 Å². The van der Waals surface area contributed by atoms with Gasteiger partial charge in [-0.1, -0.05) is 17.5 Å². The average Bonchev–Trinajstić information content (AvgIpc) is 2.89. The van der Waals surface area contributed by atoms with Crippen LogP contribution in [0.15, 0.2) is 23.3 Å². The quantitative estimate of drug-likeness (QED) is 0.592. The van der Waals surface area contributed by atoms with E-state index in [1.54, 1.807) is 6.07 Å². The Morgan fingerprint density at radius 3 is 2.38 bits per heavy atom. The normalized spacial score (nSPS) is 19.3. The third kappa shape index (κ3) is 2.39. The highest BCUT2D eigenvalue weighted by Crippen LogP contribution is 2.44. The Balaban J connectivity index is 1.79. The summed E-state index contributed by atoms with van der Waals surface area (Å²) >= 11 is 6.31. The molecule has 0 N–H and O–H groups in total. The number of nitrogens with zero attached hydrogens (tertiary/aromatic N) is 2. The zero-order valence-corrected chi connectivity index (χ0v) is 14.6. The Kier molecular flexibility index (Phi) is 3.97. The molecule has 1 aromatic rings. The fraction of sp³-hybridized carbons (Fsp3) is 0.316. The van der Waals surface area contributed by atoms with Crippen LogP contribution in [-0.2, 0) is 14.4 Å². The maximum atomic E-state index is 12.8. The van der Waals surface area contributed by atoms with Gasteiger partial charge in [-0.15, -0.1) is 6.42 Å². The highest BCUT2D eigenvalue weighted by atomic mass is 35.5. The lowest BCUT2D eigenvalue weighted by molar-refractivity contribution is -0.121. The van der Waals surface area contributed by atoms with Gasteiger partial charge in [0.2, 0.25) is 0 Å². The molecule has 3 amide bonds. The zero-order valence-electron chi connectivity index (χ0n) is 13.9. The van der Waals surface area contributed by atoms with E-state index in [-0.39, 0.29) is 35.9 Å². The van der Waals surface area contributed by atoms with Gasteiger partial charge in [0, 0.05) is 11.1 Å². The molecule has 6 nitrogen and oxygen atoms in total. The number of benzene rings is 1. The third-order valence-corrected chi connectivity index (χ3v) is 5.12. The van der Waals surface area contributed by atoms with Gasteiger partial charge in [-0.2, -0.15) is 0 Å². The monoisotopic (exact) mass is 370 g/mol. The lowest BCUT2D eigenvalue weighted by Crippen LogP contribution is -2.39. The summed E-state index contributed by atoms with van der Waals surface area (Å²) in [5, 5.41) is 0.220. The minimum Gasteiger partial charge on any atom is -0.480 e. The number of halogens is 1. The molecule has 0 aromatic heterocycles. The minimum atomic E-state index is -0.313. The summed E-state index contributed by atoms with van der Waals surface area (Å²) in [6.07, 6.45) is 8.37. The standard InChI is InChI=1S/C19H15ClN2O4/c1-2-7-21-15-9-11(8-14(20)17(15)26-10-16(21)23)22-18(24)12-5-3-4-6-13(12)19(22)25/h1,8-9H,3-7,10H2. The molecule has 0 unspecified atom stereocenters. The van der Waals surface area contributed by atoms with E-state index in [2.05, 4.69) is 5.92 Å². The van der Waals surface area contributed by atoms with Crippen molar-refractivity contribution in [3.8, 4) is 18.1 Å². The van der Waals surface area contributed by atoms with Crippen LogP contribution in [0, 0.1) is 12.3 Å². The first-order chi connectivity index (χ1) is 12.5. The Bertz CT molecular complexity index is 900. The number of carbonyl (C=O) groups is 3. The van der Waals surface area contributed by atoms with E-state index in [9.17, 15) is 14.4 Å². The number of rotatable bonds is 2. The fourth-order valence-electron chi connectivity index (χ4n) is 3.62. The second-order valence-corrected chi connectivity index (χ2v) is 6.77. The predicted molar refractivity (Wildman–Crippen MR) is 96.1 cm³/mol. The van der Waals surface area contributed by atoms with Crippen LogP contribution >= 0.6 is 11.6 Å². The van der Waals surface area contributed by atoms with Crippen molar-refractivity contribution in [3.05, 3.63) is 28.3 Å². The maximum absolute atomic E-state index is 12.8. The number of carbonyl (C=O) groups excluding carboxylic acids is 3. The second-order valence-electron chi connectivity index (χ2n) is 6.36. The van der Waals surface area contributed by atoms with Gasteiger partial charge in [-0.05, 0) is 37.8 Å². The second kappa shape index (κ2) is 6.19. The Labute approximate surface area is 155 Å². The minimum absolute atomic E-state index is 0.0472. The Morgan fingerprint density at radius 1 is 1.12 bits per heavy atom. The average molecular weight is 371 g/mol. The first-order valence-corrected chi connectivity index (χ1v) is 8.71. The van der Waals surface area contributed by atoms with Gasteiger partial charge in [0.05, 0.1) is 22.9 Å². The molecule has 1 aromatic carbocycles. The van der Waals surface area contributed by atoms with Gasteiger partial charge < -0.3 is 4.74 Å². The van der Waals surface area contributed by atoms with Crippen LogP contribution in [0.3, 0.4) is 0 Å². The molecule has 2 aliphatic heterocycles. The SMILES string of the molecule is C#CCN1C(=O)COc2c(Cl)cc(N3C(=O)C4=C(CCCC4)C3=O)cc21. The first-order valence-electron chi connectivity index (χ1n) is 8.34. The number of hydrogen-bond acceptors (Lipinski definition) is 4. The summed E-state index contributed by atoms with van der Waals surface area (Å²) in [4.78, 5) is 40.2. The Morgan fingerprint density at radius 2 is 1.77 bits per heavy atom. The third-order valence-electron chi connectivity index (χ3n) is 4.84. The maximum Gasteiger partial charge on any atom is 0.265 e. The molecule has 0 atom stereocenters. The lowest BCUT2D eigenvalue weighted by Gasteiger charge is -2.30. The molecule has 0 radical (unpaired) electrons. The highest BCUT2D eigenvalue weighted by Gasteiger charge is 2.40. The summed E-state index contributed by atoms with van der Waals surface area (Å²) in [7, 11) is 0. The summed E-state index contributed by atoms with van der Waals surface area (Å²) in [6, 6.07) is 3.07. The summed E-state index contributed by atoms with van der Waals surface area (Å²) in [5.41, 5.74) is 1.86. The van der Waals surface area contributed by atoms with E-state index < -0.39 is 0 Å². The number of terminal acetylenes is 1. The molecule has 0 saturated carbocycles. The van der Waals surface area contributed by atoms with Crippen molar-refractivity contribution in [2.24, 2.45) is 0 Å². The number of anilines is 2. The summed E-state index contributed by atoms with van der Waals surface area (Å²) in [5.74, 6) is 1.82. The molecule has 7 heteroatoms. The summed E-state index contributed by atoms with van der Waals surface area (Å²) < 4.78 is 5.42. The molecule has 132 valence electrons. The lowest BCUT2D eigenvalue weighted by atomic mass is 9.93. The summed E-state index contributed by atoms with van der Waals surface area (Å²) in [6.45, 7) is -0.114. The molecule has 26 heavy (non-hydrogen) atoms. The van der Waals surface area contributed by atoms with Crippen LogP contribution in [-0.4, -0.2) is 30.9 Å². The van der Waals surface area contributed by atoms with E-state index in [1.807, 2.05) is 0 Å². The number of ether oxygens (including phenoxy) is 1. The largest absolute Gasteiger partial charge is 0.480 e. The van der Waals surface area contributed by atoms with Crippen molar-refractivity contribution in [2.45, 2.75) is 25.7 Å². The van der Waals surface area contributed by atoms with Gasteiger partial charge in [0.1, 0.15) is 0 Å². The fourth-order valence-corrected chi connectivity index (χ4v) is 3.89. The Hall–Kier alpha value is -2.78. The number of imide groups is 1. The van der Waals surface area contributed by atoms with E-state index in [0.717, 1.165) is 17.7 Å². The van der Waals surface area contributed by atoms with E-state index in [1.165, 1.54) is 11.0 Å². The molecular weight excluding hydrogens is 356 g/mol. The number of fused-ring (bicyclic) bond motifs is 1. The molecule has 2 heterocycles. The van der Waals surface area contributed by atoms with Gasteiger partial charge >= 0.3 is 0 Å². The first kappa shape index (κ1) is 16.7. The highest BCUT2D eigenvalue weighted by molar-refractivity contribution is 6.36. The van der Waals surface area contributed by atoms with Crippen LogP contribution in [0.5, 0.6) is 5.75 Å². The van der Waals surface area contributed by atoms with Crippen molar-refractivity contribution in [2.75, 3.05) is 23.0 Å². The van der Waals surface area contributed by atoms with E-state index in [4.69, 9.17) is 22.8 Å². The van der Waals surface area contributed by atoms with Gasteiger partial charge in [-0.25, -0.2) is 4.90 Å². The van der Waals surface area contributed by atoms with Crippen molar-refractivity contribution in [3.63, 3.8) is 0 Å². The van der Waals surface area contributed by atoms with Gasteiger partial charge in [0.15, 0.2) is 12.4 Å². The molecule has 0 saturated heterocycles. The van der Waals surface area contributed by atoms with Crippen LogP contribution < -0.4 is 14.5 Å². The van der Waals surface area contributed by atoms with Crippen LogP contribution in [0.25, 0.3) is 0 Å². The topological polar surface area (TPSA) is 66.9 Å². The van der Waals surface area contributed by atoms with Crippen LogP contribution in [0.2, 0.25) is 5.02 Å². The number of hydrogen-bond donors (Lipinski definition) is 0. The number of amides is 3. The molecule has 4 rings (SSSR count). The molecular formula is C19H15ClN2O4. The van der Waals surface area contributed by atoms with Crippen molar-refractivity contribution >= 4 is 40.7 Å². The zero-order chi connectivity index (χ0) is 18.4. The molecule has 1 aliphatic carbocycles. The smallest absolute Gasteiger partial charge is 0.265 e. The van der Waals surface area contributed by atoms with Gasteiger partial charge in [0.25, 0.3) is 17.7 Å². The van der Waals surface area contributed by atoms with Crippen LogP contribution in [0.1, 0.15) is 25.7 Å². The van der Waals surface area contributed by atoms with Crippen molar-refractivity contribution in [1.82, 2.24) is 0 Å². The molecule has 0 fully saturated rings. The van der Waals surface area contributed by atoms with E-state index in [0.29, 0.717) is 41.1 Å². The van der Waals surface area contributed by atoms with Crippen LogP contribution in [0.4, 0.5) is 11.4 Å². The predicted octanol–water partition coefficient (Wildman–Crippen LogP) is 2.44. The van der Waals surface area contributed by atoms with Crippen molar-refractivity contribution < 1.29 is 19.1 Å². The van der Waals surface area contributed by atoms with E-state index >= 15 is 0 Å². The van der Waals surface area contributed by atoms with Gasteiger partial charge in [-0.3, -0.25) is 19.3 Å².